The van der Waals surface area contributed by atoms with Crippen molar-refractivity contribution in [3.05, 3.63) is 53.6 Å². The Morgan fingerprint density at radius 3 is 2.58 bits per heavy atom. The van der Waals surface area contributed by atoms with Gasteiger partial charge in [0, 0.05) is 56.4 Å². The first-order chi connectivity index (χ1) is 18.4. The van der Waals surface area contributed by atoms with Gasteiger partial charge in [0.2, 0.25) is 11.9 Å². The molecule has 3 fully saturated rings. The Morgan fingerprint density at radius 2 is 1.84 bits per heavy atom. The Morgan fingerprint density at radius 1 is 1.08 bits per heavy atom. The first-order valence-electron chi connectivity index (χ1n) is 13.8. The normalized spacial score (nSPS) is 19.3. The number of amides is 1. The molecule has 1 aliphatic carbocycles. The molecule has 6 rings (SSSR count). The van der Waals surface area contributed by atoms with Crippen LogP contribution in [0.15, 0.2) is 36.5 Å². The molecule has 38 heavy (non-hydrogen) atoms. The van der Waals surface area contributed by atoms with E-state index in [1.165, 1.54) is 12.8 Å². The molecular formula is C29H37N7O2. The van der Waals surface area contributed by atoms with Crippen LogP contribution in [0.2, 0.25) is 0 Å². The predicted octanol–water partition coefficient (Wildman–Crippen LogP) is 3.25. The molecule has 0 unspecified atom stereocenters. The number of carbonyl (C=O) groups excluding carboxylic acids is 1. The second kappa shape index (κ2) is 10.0. The predicted molar refractivity (Wildman–Crippen MR) is 146 cm³/mol. The Bertz CT molecular complexity index is 1300. The third-order valence-electron chi connectivity index (χ3n) is 7.99. The van der Waals surface area contributed by atoms with Crippen molar-refractivity contribution in [2.45, 2.75) is 51.6 Å². The van der Waals surface area contributed by atoms with Crippen LogP contribution >= 0.6 is 0 Å². The SMILES string of the molecule is Cc1cc(C)nc(N2CCC3(CC2)NCCN(Cc2nn(C)cc2-c2cccc(OCC4CC4)c2)C3=O)n1. The maximum Gasteiger partial charge on any atom is 0.243 e. The average Bonchev–Trinajstić information content (AvgIpc) is 3.66. The van der Waals surface area contributed by atoms with E-state index < -0.39 is 5.54 Å². The molecule has 2 aliphatic heterocycles. The highest BCUT2D eigenvalue weighted by atomic mass is 16.5. The van der Waals surface area contributed by atoms with Gasteiger partial charge in [-0.25, -0.2) is 9.97 Å². The zero-order chi connectivity index (χ0) is 26.3. The molecular weight excluding hydrogens is 478 g/mol. The van der Waals surface area contributed by atoms with Crippen molar-refractivity contribution >= 4 is 11.9 Å². The highest BCUT2D eigenvalue weighted by molar-refractivity contribution is 5.87. The minimum Gasteiger partial charge on any atom is -0.493 e. The van der Waals surface area contributed by atoms with Gasteiger partial charge in [-0.2, -0.15) is 5.10 Å². The van der Waals surface area contributed by atoms with Gasteiger partial charge >= 0.3 is 0 Å². The Balaban J connectivity index is 1.16. The Kier molecular flexibility index (Phi) is 6.55. The van der Waals surface area contributed by atoms with E-state index in [2.05, 4.69) is 32.3 Å². The van der Waals surface area contributed by atoms with Crippen LogP contribution in [-0.4, -0.2) is 68.9 Å². The molecule has 0 bridgehead atoms. The second-order valence-corrected chi connectivity index (χ2v) is 11.1. The summed E-state index contributed by atoms with van der Waals surface area (Å²) in [6, 6.07) is 10.2. The summed E-state index contributed by atoms with van der Waals surface area (Å²) in [5, 5.41) is 8.35. The molecule has 1 saturated carbocycles. The molecule has 200 valence electrons. The zero-order valence-electron chi connectivity index (χ0n) is 22.6. The maximum absolute atomic E-state index is 13.9. The minimum absolute atomic E-state index is 0.169. The molecule has 0 atom stereocenters. The van der Waals surface area contributed by atoms with E-state index >= 15 is 0 Å². The summed E-state index contributed by atoms with van der Waals surface area (Å²) in [6.45, 7) is 8.22. The summed E-state index contributed by atoms with van der Waals surface area (Å²) in [7, 11) is 1.94. The lowest BCUT2D eigenvalue weighted by Gasteiger charge is -2.47. The van der Waals surface area contributed by atoms with Gasteiger partial charge in [-0.05, 0) is 69.2 Å². The van der Waals surface area contributed by atoms with Gasteiger partial charge in [-0.1, -0.05) is 12.1 Å². The summed E-state index contributed by atoms with van der Waals surface area (Å²) < 4.78 is 7.86. The van der Waals surface area contributed by atoms with Crippen LogP contribution in [0.25, 0.3) is 11.1 Å². The van der Waals surface area contributed by atoms with Crippen molar-refractivity contribution in [2.75, 3.05) is 37.7 Å². The summed E-state index contributed by atoms with van der Waals surface area (Å²) in [6.07, 6.45) is 6.04. The molecule has 1 aromatic carbocycles. The zero-order valence-corrected chi connectivity index (χ0v) is 22.6. The first-order valence-corrected chi connectivity index (χ1v) is 13.8. The molecule has 1 N–H and O–H groups in total. The summed E-state index contributed by atoms with van der Waals surface area (Å²) in [5.74, 6) is 2.53. The maximum atomic E-state index is 13.9. The number of rotatable bonds is 7. The fraction of sp³-hybridized carbons (Fsp3) is 0.517. The van der Waals surface area contributed by atoms with Gasteiger partial charge in [0.15, 0.2) is 0 Å². The van der Waals surface area contributed by atoms with Crippen LogP contribution in [0.3, 0.4) is 0 Å². The van der Waals surface area contributed by atoms with E-state index in [1.54, 1.807) is 0 Å². The summed E-state index contributed by atoms with van der Waals surface area (Å²) >= 11 is 0. The van der Waals surface area contributed by atoms with Crippen molar-refractivity contribution in [1.82, 2.24) is 30.0 Å². The van der Waals surface area contributed by atoms with Crippen molar-refractivity contribution in [2.24, 2.45) is 13.0 Å². The van der Waals surface area contributed by atoms with Gasteiger partial charge in [0.05, 0.1) is 18.8 Å². The lowest BCUT2D eigenvalue weighted by atomic mass is 9.84. The summed E-state index contributed by atoms with van der Waals surface area (Å²) in [5.41, 5.74) is 4.43. The highest BCUT2D eigenvalue weighted by Gasteiger charge is 2.46. The van der Waals surface area contributed by atoms with Gasteiger partial charge in [0.25, 0.3) is 0 Å². The molecule has 4 heterocycles. The molecule has 3 aromatic rings. The van der Waals surface area contributed by atoms with E-state index in [0.29, 0.717) is 19.0 Å². The molecule has 0 radical (unpaired) electrons. The van der Waals surface area contributed by atoms with Crippen LogP contribution in [0, 0.1) is 19.8 Å². The lowest BCUT2D eigenvalue weighted by Crippen LogP contribution is -2.67. The van der Waals surface area contributed by atoms with Crippen molar-refractivity contribution in [3.63, 3.8) is 0 Å². The third kappa shape index (κ3) is 5.12. The topological polar surface area (TPSA) is 88.4 Å². The van der Waals surface area contributed by atoms with E-state index in [9.17, 15) is 4.79 Å². The van der Waals surface area contributed by atoms with Gasteiger partial charge < -0.3 is 19.9 Å². The van der Waals surface area contributed by atoms with Crippen LogP contribution in [0.1, 0.15) is 42.8 Å². The number of aryl methyl sites for hydroxylation is 3. The van der Waals surface area contributed by atoms with E-state index in [-0.39, 0.29) is 5.91 Å². The van der Waals surface area contributed by atoms with Crippen LogP contribution < -0.4 is 15.0 Å². The molecule has 1 spiro atoms. The van der Waals surface area contributed by atoms with Crippen LogP contribution in [-0.2, 0) is 18.4 Å². The number of nitrogens with zero attached hydrogens (tertiary/aromatic N) is 6. The number of benzene rings is 1. The molecule has 1 amide bonds. The molecule has 9 heteroatoms. The number of aromatic nitrogens is 4. The Labute approximate surface area is 224 Å². The number of piperidine rings is 1. The number of hydrogen-bond donors (Lipinski definition) is 1. The molecule has 9 nitrogen and oxygen atoms in total. The number of nitrogens with one attached hydrogen (secondary N) is 1. The van der Waals surface area contributed by atoms with E-state index in [0.717, 1.165) is 79.0 Å². The van der Waals surface area contributed by atoms with Gasteiger partial charge in [-0.3, -0.25) is 9.48 Å². The first kappa shape index (κ1) is 24.9. The van der Waals surface area contributed by atoms with Gasteiger partial charge in [0.1, 0.15) is 11.3 Å². The van der Waals surface area contributed by atoms with Crippen molar-refractivity contribution < 1.29 is 9.53 Å². The highest BCUT2D eigenvalue weighted by Crippen LogP contribution is 2.33. The largest absolute Gasteiger partial charge is 0.493 e. The standard InChI is InChI=1S/C29H37N7O2/c1-20-15-21(2)32-28(31-20)35-12-9-29(10-13-35)27(37)36(14-11-30-29)18-26-25(17-34(3)33-26)23-5-4-6-24(16-23)38-19-22-7-8-22/h4-6,15-17,22,30H,7-14,18-19H2,1-3H3. The summed E-state index contributed by atoms with van der Waals surface area (Å²) in [4.78, 5) is 27.3. The Hall–Kier alpha value is -3.46. The number of carbonyl (C=O) groups is 1. The van der Waals surface area contributed by atoms with Crippen molar-refractivity contribution in [1.29, 1.82) is 0 Å². The molecule has 2 aromatic heterocycles. The number of anilines is 1. The fourth-order valence-electron chi connectivity index (χ4n) is 5.71. The monoisotopic (exact) mass is 515 g/mol. The average molecular weight is 516 g/mol. The smallest absolute Gasteiger partial charge is 0.243 e. The van der Waals surface area contributed by atoms with Gasteiger partial charge in [-0.15, -0.1) is 0 Å². The van der Waals surface area contributed by atoms with E-state index in [1.807, 2.05) is 54.9 Å². The quantitative estimate of drug-likeness (QED) is 0.517. The van der Waals surface area contributed by atoms with Crippen molar-refractivity contribution in [3.8, 4) is 16.9 Å². The molecule has 3 aliphatic rings. The van der Waals surface area contributed by atoms with Crippen LogP contribution in [0.5, 0.6) is 5.75 Å². The second-order valence-electron chi connectivity index (χ2n) is 11.1. The fourth-order valence-corrected chi connectivity index (χ4v) is 5.71. The minimum atomic E-state index is -0.543. The molecule has 2 saturated heterocycles. The lowest BCUT2D eigenvalue weighted by molar-refractivity contribution is -0.143. The third-order valence-corrected chi connectivity index (χ3v) is 7.99. The van der Waals surface area contributed by atoms with E-state index in [4.69, 9.17) is 9.84 Å². The number of hydrogen-bond acceptors (Lipinski definition) is 7. The number of piperazine rings is 1. The van der Waals surface area contributed by atoms with Crippen LogP contribution in [0.4, 0.5) is 5.95 Å². The number of ether oxygens (including phenoxy) is 1.